The third-order valence-electron chi connectivity index (χ3n) is 5.25. The molecule has 0 unspecified atom stereocenters. The number of ether oxygens (including phenoxy) is 2. The van der Waals surface area contributed by atoms with Gasteiger partial charge in [0.05, 0.1) is 0 Å². The van der Waals surface area contributed by atoms with Gasteiger partial charge < -0.3 is 9.47 Å². The first-order valence-electron chi connectivity index (χ1n) is 10.1. The zero-order valence-corrected chi connectivity index (χ0v) is 16.9. The molecule has 0 atom stereocenters. The topological polar surface area (TPSA) is 66.0 Å². The van der Waals surface area contributed by atoms with Crippen LogP contribution < -0.4 is 9.47 Å². The molecular formula is C28H16N2O2. The number of rotatable bonds is 4. The number of nitriles is 2. The van der Waals surface area contributed by atoms with Crippen molar-refractivity contribution in [2.24, 2.45) is 0 Å². The van der Waals surface area contributed by atoms with Crippen LogP contribution in [0.2, 0.25) is 0 Å². The van der Waals surface area contributed by atoms with E-state index < -0.39 is 0 Å². The van der Waals surface area contributed by atoms with Crippen molar-refractivity contribution in [3.63, 3.8) is 0 Å². The highest BCUT2D eigenvalue weighted by molar-refractivity contribution is 5.84. The van der Waals surface area contributed by atoms with Crippen LogP contribution in [-0.2, 0) is 0 Å². The van der Waals surface area contributed by atoms with E-state index in [1.807, 2.05) is 84.9 Å². The zero-order chi connectivity index (χ0) is 21.9. The summed E-state index contributed by atoms with van der Waals surface area (Å²) in [7, 11) is 0. The maximum Gasteiger partial charge on any atom is 0.146 e. The third-order valence-corrected chi connectivity index (χ3v) is 5.25. The molecule has 0 N–H and O–H groups in total. The first-order chi connectivity index (χ1) is 15.7. The highest BCUT2D eigenvalue weighted by Crippen LogP contribution is 2.36. The van der Waals surface area contributed by atoms with Crippen LogP contribution in [0, 0.1) is 22.7 Å². The summed E-state index contributed by atoms with van der Waals surface area (Å²) in [6.07, 6.45) is 0. The molecule has 0 radical (unpaired) electrons. The Labute approximate surface area is 185 Å². The Hall–Kier alpha value is -4.80. The number of hydrogen-bond donors (Lipinski definition) is 0. The fourth-order valence-corrected chi connectivity index (χ4v) is 3.67. The van der Waals surface area contributed by atoms with Gasteiger partial charge in [0, 0.05) is 0 Å². The van der Waals surface area contributed by atoms with Crippen LogP contribution >= 0.6 is 0 Å². The van der Waals surface area contributed by atoms with Gasteiger partial charge in [-0.15, -0.1) is 0 Å². The van der Waals surface area contributed by atoms with E-state index in [-0.39, 0.29) is 11.1 Å². The van der Waals surface area contributed by atoms with E-state index in [4.69, 9.17) is 9.47 Å². The van der Waals surface area contributed by atoms with Crippen LogP contribution in [0.3, 0.4) is 0 Å². The molecule has 4 heteroatoms. The van der Waals surface area contributed by atoms with Crippen molar-refractivity contribution in [1.29, 1.82) is 10.5 Å². The highest BCUT2D eigenvalue weighted by Gasteiger charge is 2.17. The fourth-order valence-electron chi connectivity index (χ4n) is 3.67. The average molecular weight is 412 g/mol. The Kier molecular flexibility index (Phi) is 4.88. The van der Waals surface area contributed by atoms with E-state index in [2.05, 4.69) is 12.1 Å². The minimum atomic E-state index is 0.138. The number of hydrogen-bond acceptors (Lipinski definition) is 4. The molecule has 0 amide bonds. The molecule has 0 aromatic heterocycles. The molecule has 0 bridgehead atoms. The van der Waals surface area contributed by atoms with Crippen molar-refractivity contribution < 1.29 is 9.47 Å². The molecule has 0 saturated carbocycles. The third kappa shape index (κ3) is 3.58. The van der Waals surface area contributed by atoms with E-state index in [0.717, 1.165) is 21.5 Å². The van der Waals surface area contributed by atoms with Crippen molar-refractivity contribution in [1.82, 2.24) is 0 Å². The van der Waals surface area contributed by atoms with Gasteiger partial charge in [-0.25, -0.2) is 0 Å². The van der Waals surface area contributed by atoms with Crippen LogP contribution in [0.15, 0.2) is 97.1 Å². The molecule has 0 aliphatic rings. The van der Waals surface area contributed by atoms with Gasteiger partial charge in [0.2, 0.25) is 0 Å². The first kappa shape index (κ1) is 19.2. The van der Waals surface area contributed by atoms with Gasteiger partial charge in [-0.05, 0) is 57.9 Å². The standard InChI is InChI=1S/C28H16N2O2/c29-17-25-26(18-30)28(32-24-12-10-20-6-2-4-8-22(20)16-24)14-13-27(25)31-23-11-9-19-5-1-3-7-21(19)15-23/h1-16H. The van der Waals surface area contributed by atoms with Gasteiger partial charge in [-0.2, -0.15) is 10.5 Å². The summed E-state index contributed by atoms with van der Waals surface area (Å²) in [6, 6.07) is 34.8. The Morgan fingerprint density at radius 1 is 0.469 bits per heavy atom. The van der Waals surface area contributed by atoms with Gasteiger partial charge in [0.25, 0.3) is 0 Å². The largest absolute Gasteiger partial charge is 0.456 e. The summed E-state index contributed by atoms with van der Waals surface area (Å²) in [4.78, 5) is 0. The maximum atomic E-state index is 9.78. The van der Waals surface area contributed by atoms with Gasteiger partial charge in [-0.1, -0.05) is 60.7 Å². The Morgan fingerprint density at radius 3 is 1.28 bits per heavy atom. The van der Waals surface area contributed by atoms with Crippen LogP contribution in [-0.4, -0.2) is 0 Å². The van der Waals surface area contributed by atoms with E-state index >= 15 is 0 Å². The SMILES string of the molecule is N#Cc1c(Oc2ccc3ccccc3c2)ccc(Oc2ccc3ccccc3c2)c1C#N. The lowest BCUT2D eigenvalue weighted by Crippen LogP contribution is -1.96. The summed E-state index contributed by atoms with van der Waals surface area (Å²) in [5, 5.41) is 23.8. The molecule has 5 aromatic rings. The Bertz CT molecular complexity index is 1440. The van der Waals surface area contributed by atoms with Crippen LogP contribution in [0.4, 0.5) is 0 Å². The second-order valence-electron chi connectivity index (χ2n) is 7.26. The minimum Gasteiger partial charge on any atom is -0.456 e. The summed E-state index contributed by atoms with van der Waals surface area (Å²) in [5.41, 5.74) is 0.276. The molecule has 4 nitrogen and oxygen atoms in total. The number of fused-ring (bicyclic) bond motifs is 2. The normalized spacial score (nSPS) is 10.4. The highest BCUT2D eigenvalue weighted by atomic mass is 16.5. The van der Waals surface area contributed by atoms with Crippen molar-refractivity contribution in [3.05, 3.63) is 108 Å². The van der Waals surface area contributed by atoms with Crippen molar-refractivity contribution in [3.8, 4) is 35.1 Å². The van der Waals surface area contributed by atoms with E-state index in [0.29, 0.717) is 23.0 Å². The van der Waals surface area contributed by atoms with Gasteiger partial charge in [0.15, 0.2) is 0 Å². The number of benzene rings is 5. The zero-order valence-electron chi connectivity index (χ0n) is 16.9. The molecule has 0 aliphatic heterocycles. The van der Waals surface area contributed by atoms with Gasteiger partial charge in [0.1, 0.15) is 46.3 Å². The molecule has 0 spiro atoms. The molecule has 5 aromatic carbocycles. The summed E-state index contributed by atoms with van der Waals surface area (Å²) in [5.74, 6) is 1.80. The predicted octanol–water partition coefficient (Wildman–Crippen LogP) is 7.32. The average Bonchev–Trinajstić information content (AvgIpc) is 2.84. The maximum absolute atomic E-state index is 9.78. The van der Waals surface area contributed by atoms with E-state index in [1.54, 1.807) is 12.1 Å². The molecule has 0 aliphatic carbocycles. The fraction of sp³-hybridized carbons (Fsp3) is 0. The molecule has 0 saturated heterocycles. The van der Waals surface area contributed by atoms with Crippen molar-refractivity contribution >= 4 is 21.5 Å². The number of nitrogens with zero attached hydrogens (tertiary/aromatic N) is 2. The molecule has 5 rings (SSSR count). The second-order valence-corrected chi connectivity index (χ2v) is 7.26. The molecule has 0 heterocycles. The van der Waals surface area contributed by atoms with Crippen molar-refractivity contribution in [2.75, 3.05) is 0 Å². The Balaban J connectivity index is 1.50. The second kappa shape index (κ2) is 8.14. The summed E-state index contributed by atoms with van der Waals surface area (Å²) in [6.45, 7) is 0. The van der Waals surface area contributed by atoms with Gasteiger partial charge in [-0.3, -0.25) is 0 Å². The smallest absolute Gasteiger partial charge is 0.146 e. The molecule has 32 heavy (non-hydrogen) atoms. The van der Waals surface area contributed by atoms with Crippen LogP contribution in [0.25, 0.3) is 21.5 Å². The van der Waals surface area contributed by atoms with E-state index in [9.17, 15) is 10.5 Å². The monoisotopic (exact) mass is 412 g/mol. The summed E-state index contributed by atoms with van der Waals surface area (Å²) < 4.78 is 12.0. The van der Waals surface area contributed by atoms with Crippen LogP contribution in [0.1, 0.15) is 11.1 Å². The predicted molar refractivity (Wildman–Crippen MR) is 124 cm³/mol. The lowest BCUT2D eigenvalue weighted by atomic mass is 10.1. The molecule has 150 valence electrons. The Morgan fingerprint density at radius 2 is 0.875 bits per heavy atom. The molecule has 0 fully saturated rings. The minimum absolute atomic E-state index is 0.138. The molecular weight excluding hydrogens is 396 g/mol. The lowest BCUT2D eigenvalue weighted by Gasteiger charge is -2.13. The van der Waals surface area contributed by atoms with Gasteiger partial charge >= 0.3 is 0 Å². The van der Waals surface area contributed by atoms with E-state index in [1.165, 1.54) is 0 Å². The van der Waals surface area contributed by atoms with Crippen molar-refractivity contribution in [2.45, 2.75) is 0 Å². The lowest BCUT2D eigenvalue weighted by molar-refractivity contribution is 0.467. The summed E-state index contributed by atoms with van der Waals surface area (Å²) >= 11 is 0. The van der Waals surface area contributed by atoms with Crippen LogP contribution in [0.5, 0.6) is 23.0 Å². The first-order valence-corrected chi connectivity index (χ1v) is 10.1. The quantitative estimate of drug-likeness (QED) is 0.310.